The van der Waals surface area contributed by atoms with Gasteiger partial charge in [-0.15, -0.1) is 0 Å². The molecule has 0 aliphatic carbocycles. The molecule has 4 unspecified atom stereocenters. The molecule has 0 rings (SSSR count). The van der Waals surface area contributed by atoms with Crippen LogP contribution >= 0.6 is 63.7 Å². The number of halogens is 4. The second-order valence-corrected chi connectivity index (χ2v) is 22.1. The number of unbranched alkanes of at least 4 members (excludes halogenated alkanes) is 26. The Morgan fingerprint density at radius 1 is 0.315 bits per heavy atom. The molecule has 0 aromatic carbocycles. The smallest absolute Gasteiger partial charge is 0.0219 e. The van der Waals surface area contributed by atoms with Gasteiger partial charge in [-0.3, -0.25) is 0 Å². The monoisotopic (exact) mass is 1010 g/mol. The van der Waals surface area contributed by atoms with E-state index in [4.69, 9.17) is 31.9 Å². The second-order valence-electron chi connectivity index (χ2n) is 17.7. The molecule has 0 N–H and O–H groups in total. The van der Waals surface area contributed by atoms with E-state index in [1.165, 1.54) is 238 Å². The predicted octanol–water partition coefficient (Wildman–Crippen LogP) is 20.8. The van der Waals surface area contributed by atoms with Gasteiger partial charge in [-0.25, -0.2) is 0 Å². The zero-order chi connectivity index (χ0) is 40.2. The van der Waals surface area contributed by atoms with Crippen LogP contribution in [0.15, 0.2) is 0 Å². The molecule has 0 aliphatic heterocycles. The predicted molar refractivity (Wildman–Crippen MR) is 265 cm³/mol. The summed E-state index contributed by atoms with van der Waals surface area (Å²) >= 11 is 18.7. The van der Waals surface area contributed by atoms with E-state index >= 15 is 0 Å². The molecule has 4 heteroatoms. The van der Waals surface area contributed by atoms with E-state index in [0.717, 1.165) is 0 Å². The van der Waals surface area contributed by atoms with Gasteiger partial charge in [-0.1, -0.05) is 304 Å². The maximum Gasteiger partial charge on any atom is 0.0219 e. The molecule has 0 aliphatic rings. The lowest BCUT2D eigenvalue weighted by Gasteiger charge is -2.61. The van der Waals surface area contributed by atoms with Crippen molar-refractivity contribution in [2.75, 3.05) is 0 Å². The van der Waals surface area contributed by atoms with E-state index in [0.29, 0.717) is 19.3 Å². The van der Waals surface area contributed by atoms with E-state index < -0.39 is 0 Å². The molecule has 4 atom stereocenters. The van der Waals surface area contributed by atoms with Gasteiger partial charge in [0, 0.05) is 30.1 Å². The molecule has 325 valence electrons. The quantitative estimate of drug-likeness (QED) is 0.0422. The van der Waals surface area contributed by atoms with Crippen molar-refractivity contribution in [3.8, 4) is 0 Å². The molecule has 0 heterocycles. The van der Waals surface area contributed by atoms with Crippen LogP contribution in [0, 0.1) is 17.3 Å². The van der Waals surface area contributed by atoms with Crippen molar-refractivity contribution in [1.29, 1.82) is 0 Å². The Morgan fingerprint density at radius 2 is 0.537 bits per heavy atom. The number of hydrogen-bond donors (Lipinski definition) is 0. The minimum Gasteiger partial charge on any atom is -0.0884 e. The van der Waals surface area contributed by atoms with Crippen LogP contribution in [0.5, 0.6) is 0 Å². The Kier molecular flexibility index (Phi) is 40.5. The summed E-state index contributed by atoms with van der Waals surface area (Å²) in [5.74, 6) is 0. The van der Waals surface area contributed by atoms with Crippen molar-refractivity contribution in [2.24, 2.45) is 10.8 Å². The third-order valence-corrected chi connectivity index (χ3v) is 18.2. The third-order valence-electron chi connectivity index (χ3n) is 13.1. The highest BCUT2D eigenvalue weighted by Crippen LogP contribution is 2.65. The lowest BCUT2D eigenvalue weighted by molar-refractivity contribution is 0.00553. The molecule has 0 aromatic heterocycles. The Morgan fingerprint density at radius 3 is 0.796 bits per heavy atom. The van der Waals surface area contributed by atoms with Gasteiger partial charge in [0.25, 0.3) is 0 Å². The Labute approximate surface area is 376 Å². The van der Waals surface area contributed by atoms with Crippen LogP contribution in [0.4, 0.5) is 0 Å². The molecule has 0 saturated heterocycles. The number of rotatable bonds is 43. The van der Waals surface area contributed by atoms with Crippen LogP contribution in [0.25, 0.3) is 0 Å². The minimum atomic E-state index is 0.130. The fourth-order valence-corrected chi connectivity index (χ4v) is 15.5. The maximum atomic E-state index is 4.70. The van der Waals surface area contributed by atoms with Gasteiger partial charge in [0.15, 0.2) is 0 Å². The van der Waals surface area contributed by atoms with Gasteiger partial charge in [-0.2, -0.15) is 0 Å². The average Bonchev–Trinajstić information content (AvgIpc) is 3.17. The van der Waals surface area contributed by atoms with Gasteiger partial charge in [0.1, 0.15) is 0 Å². The van der Waals surface area contributed by atoms with Crippen molar-refractivity contribution >= 4 is 63.7 Å². The summed E-state index contributed by atoms with van der Waals surface area (Å²) < 4.78 is 0. The van der Waals surface area contributed by atoms with E-state index in [1.807, 2.05) is 0 Å². The molecule has 0 saturated carbocycles. The molecular formula is C50H97Br4. The first-order valence-corrected chi connectivity index (χ1v) is 28.3. The summed E-state index contributed by atoms with van der Waals surface area (Å²) in [6.07, 6.45) is 53.2. The first kappa shape index (κ1) is 55.9. The van der Waals surface area contributed by atoms with E-state index in [2.05, 4.69) is 79.8 Å². The van der Waals surface area contributed by atoms with Gasteiger partial charge in [-0.05, 0) is 44.9 Å². The number of hydrogen-bond acceptors (Lipinski definition) is 0. The molecule has 0 bridgehead atoms. The van der Waals surface area contributed by atoms with Gasteiger partial charge >= 0.3 is 0 Å². The van der Waals surface area contributed by atoms with Crippen molar-refractivity contribution in [2.45, 2.75) is 298 Å². The first-order chi connectivity index (χ1) is 26.3. The minimum absolute atomic E-state index is 0.130. The van der Waals surface area contributed by atoms with Crippen molar-refractivity contribution in [3.63, 3.8) is 0 Å². The molecule has 54 heavy (non-hydrogen) atoms. The van der Waals surface area contributed by atoms with E-state index in [9.17, 15) is 0 Å². The standard InChI is InChI=1S/C50H97Br4/c1-7-13-18-23-24-25-26-27-28-33-38-44-50(47(53)41-36-31-21-16-10-4,48(54)42-37-32-22-17-11-5)49(43-12-6,45(51)39-34-29-19-14-8-2)46(52)40-35-30-20-15-9-3/h12,45-48H,7-11,13-44H2,1-6H3. The molecule has 0 fully saturated rings. The summed E-state index contributed by atoms with van der Waals surface area (Å²) in [5.41, 5.74) is 0.286. The Balaban J connectivity index is 6.83. The van der Waals surface area contributed by atoms with E-state index in [1.54, 1.807) is 0 Å². The normalized spacial score (nSPS) is 16.6. The summed E-state index contributed by atoms with van der Waals surface area (Å²) in [5, 5.41) is 0. The van der Waals surface area contributed by atoms with Crippen molar-refractivity contribution in [1.82, 2.24) is 0 Å². The van der Waals surface area contributed by atoms with Crippen LogP contribution in [0.3, 0.4) is 0 Å². The zero-order valence-corrected chi connectivity index (χ0v) is 43.9. The fraction of sp³-hybridized carbons (Fsp3) is 0.980. The Bertz CT molecular complexity index is 715. The topological polar surface area (TPSA) is 0 Å². The van der Waals surface area contributed by atoms with Crippen molar-refractivity contribution in [3.05, 3.63) is 6.42 Å². The van der Waals surface area contributed by atoms with Gasteiger partial charge in [0.2, 0.25) is 0 Å². The molecule has 0 spiro atoms. The Hall–Kier alpha value is 1.92. The van der Waals surface area contributed by atoms with E-state index in [-0.39, 0.29) is 10.8 Å². The number of alkyl halides is 4. The van der Waals surface area contributed by atoms with Crippen LogP contribution < -0.4 is 0 Å². The summed E-state index contributed by atoms with van der Waals surface area (Å²) in [4.78, 5) is 2.01. The van der Waals surface area contributed by atoms with Crippen LogP contribution in [-0.2, 0) is 0 Å². The van der Waals surface area contributed by atoms with Crippen LogP contribution in [0.1, 0.15) is 279 Å². The lowest BCUT2D eigenvalue weighted by atomic mass is 9.51. The van der Waals surface area contributed by atoms with Crippen LogP contribution in [-0.4, -0.2) is 19.3 Å². The molecule has 0 nitrogen and oxygen atoms in total. The summed E-state index contributed by atoms with van der Waals surface area (Å²) in [7, 11) is 0. The highest BCUT2D eigenvalue weighted by molar-refractivity contribution is 9.10. The highest BCUT2D eigenvalue weighted by atomic mass is 79.9. The largest absolute Gasteiger partial charge is 0.0884 e. The van der Waals surface area contributed by atoms with Gasteiger partial charge in [0.05, 0.1) is 0 Å². The molecule has 0 amide bonds. The second kappa shape index (κ2) is 39.1. The highest BCUT2D eigenvalue weighted by Gasteiger charge is 2.62. The van der Waals surface area contributed by atoms with Crippen LogP contribution in [0.2, 0.25) is 0 Å². The third kappa shape index (κ3) is 23.1. The molecule has 0 aromatic rings. The summed E-state index contributed by atoms with van der Waals surface area (Å²) in [6, 6.07) is 0. The fourth-order valence-electron chi connectivity index (χ4n) is 9.71. The van der Waals surface area contributed by atoms with Crippen molar-refractivity contribution < 1.29 is 0 Å². The molecule has 1 radical (unpaired) electrons. The average molecular weight is 1020 g/mol. The first-order valence-electron chi connectivity index (χ1n) is 24.6. The maximum absolute atomic E-state index is 4.70. The summed E-state index contributed by atoms with van der Waals surface area (Å²) in [6.45, 7) is 14.1. The zero-order valence-electron chi connectivity index (χ0n) is 37.6. The van der Waals surface area contributed by atoms with Gasteiger partial charge < -0.3 is 0 Å². The SMILES string of the molecule is C[CH]CC(C(Br)CCCCCCC)(C(Br)CCCCCCC)C(CCCCCCCCCCCCC)(C(Br)CCCCCCC)C(Br)CCCCCCC. The molecular weight excluding hydrogens is 920 g/mol. The lowest BCUT2D eigenvalue weighted by Crippen LogP contribution is -2.61.